The molecule has 0 saturated carbocycles. The van der Waals surface area contributed by atoms with Crippen molar-refractivity contribution in [1.29, 1.82) is 0 Å². The molecule has 0 N–H and O–H groups in total. The summed E-state index contributed by atoms with van der Waals surface area (Å²) in [6.07, 6.45) is 4.52. The molecule has 0 aliphatic carbocycles. The standard InChI is InChI=1S/C9H9BrNO2/c1-2-13-9(12)5-7-3-4-11-6-8(7)10/h3,6H,2,5H2,1H3. The first-order chi connectivity index (χ1) is 6.24. The lowest BCUT2D eigenvalue weighted by molar-refractivity contribution is -0.142. The molecule has 0 aliphatic heterocycles. The van der Waals surface area contributed by atoms with Crippen LogP contribution in [0.25, 0.3) is 0 Å². The first-order valence-electron chi connectivity index (χ1n) is 3.90. The van der Waals surface area contributed by atoms with Crippen molar-refractivity contribution in [3.8, 4) is 0 Å². The summed E-state index contributed by atoms with van der Waals surface area (Å²) in [6.45, 7) is 2.19. The number of hydrogen-bond donors (Lipinski definition) is 0. The third-order valence-electron chi connectivity index (χ3n) is 1.44. The zero-order chi connectivity index (χ0) is 9.68. The molecular formula is C9H9BrNO2. The third kappa shape index (κ3) is 3.14. The Hall–Kier alpha value is -0.900. The Morgan fingerprint density at radius 2 is 2.54 bits per heavy atom. The smallest absolute Gasteiger partial charge is 0.310 e. The van der Waals surface area contributed by atoms with Gasteiger partial charge in [-0.15, -0.1) is 0 Å². The highest BCUT2D eigenvalue weighted by atomic mass is 79.9. The summed E-state index contributed by atoms with van der Waals surface area (Å²) < 4.78 is 5.61. The second-order valence-corrected chi connectivity index (χ2v) is 3.24. The quantitative estimate of drug-likeness (QED) is 0.759. The molecule has 0 amide bonds. The molecule has 13 heavy (non-hydrogen) atoms. The average molecular weight is 243 g/mol. The monoisotopic (exact) mass is 242 g/mol. The van der Waals surface area contributed by atoms with Crippen LogP contribution >= 0.6 is 15.9 Å². The molecule has 1 rings (SSSR count). The molecule has 0 unspecified atom stereocenters. The van der Waals surface area contributed by atoms with E-state index >= 15 is 0 Å². The van der Waals surface area contributed by atoms with E-state index in [4.69, 9.17) is 4.74 Å². The van der Waals surface area contributed by atoms with Gasteiger partial charge in [0.2, 0.25) is 0 Å². The number of hydrogen-bond acceptors (Lipinski definition) is 3. The van der Waals surface area contributed by atoms with Gasteiger partial charge in [-0.1, -0.05) is 0 Å². The van der Waals surface area contributed by atoms with Crippen molar-refractivity contribution >= 4 is 21.9 Å². The molecular weight excluding hydrogens is 234 g/mol. The van der Waals surface area contributed by atoms with Crippen LogP contribution in [0.1, 0.15) is 12.5 Å². The van der Waals surface area contributed by atoms with Crippen LogP contribution in [0, 0.1) is 6.20 Å². The van der Waals surface area contributed by atoms with Crippen LogP contribution in [0.15, 0.2) is 16.7 Å². The Morgan fingerprint density at radius 1 is 1.77 bits per heavy atom. The summed E-state index contributed by atoms with van der Waals surface area (Å²) in [5, 5.41) is 0. The number of nitrogens with zero attached hydrogens (tertiary/aromatic N) is 1. The van der Waals surface area contributed by atoms with E-state index in [-0.39, 0.29) is 12.4 Å². The molecule has 3 nitrogen and oxygen atoms in total. The number of rotatable bonds is 3. The molecule has 0 fully saturated rings. The van der Waals surface area contributed by atoms with Gasteiger partial charge in [-0.05, 0) is 34.5 Å². The summed E-state index contributed by atoms with van der Waals surface area (Å²) in [4.78, 5) is 14.9. The van der Waals surface area contributed by atoms with E-state index in [1.165, 1.54) is 0 Å². The predicted octanol–water partition coefficient (Wildman–Crippen LogP) is 1.75. The van der Waals surface area contributed by atoms with Gasteiger partial charge in [-0.25, -0.2) is 0 Å². The van der Waals surface area contributed by atoms with Gasteiger partial charge >= 0.3 is 5.97 Å². The molecule has 1 aromatic rings. The van der Waals surface area contributed by atoms with Crippen molar-refractivity contribution in [2.24, 2.45) is 0 Å². The lowest BCUT2D eigenvalue weighted by atomic mass is 10.2. The van der Waals surface area contributed by atoms with Crippen LogP contribution in [0.2, 0.25) is 0 Å². The Bertz CT molecular complexity index is 301. The number of pyridine rings is 1. The van der Waals surface area contributed by atoms with E-state index < -0.39 is 0 Å². The average Bonchev–Trinajstić information content (AvgIpc) is 2.09. The maximum Gasteiger partial charge on any atom is 0.310 e. The largest absolute Gasteiger partial charge is 0.466 e. The molecule has 1 aromatic heterocycles. The van der Waals surface area contributed by atoms with Crippen molar-refractivity contribution in [1.82, 2.24) is 4.98 Å². The minimum Gasteiger partial charge on any atom is -0.466 e. The maximum absolute atomic E-state index is 11.1. The highest BCUT2D eigenvalue weighted by molar-refractivity contribution is 9.10. The number of carbonyl (C=O) groups excluding carboxylic acids is 1. The Kier molecular flexibility index (Phi) is 3.89. The molecule has 0 aliphatic rings. The van der Waals surface area contributed by atoms with Crippen LogP contribution in [0.3, 0.4) is 0 Å². The van der Waals surface area contributed by atoms with Gasteiger partial charge in [0.05, 0.1) is 19.2 Å². The molecule has 0 spiro atoms. The number of aromatic nitrogens is 1. The molecule has 69 valence electrons. The van der Waals surface area contributed by atoms with E-state index in [1.807, 2.05) is 0 Å². The van der Waals surface area contributed by atoms with E-state index in [0.29, 0.717) is 6.61 Å². The lowest BCUT2D eigenvalue weighted by Crippen LogP contribution is -2.07. The normalized spacial score (nSPS) is 9.69. The third-order valence-corrected chi connectivity index (χ3v) is 2.15. The van der Waals surface area contributed by atoms with E-state index in [1.54, 1.807) is 19.2 Å². The molecule has 0 aromatic carbocycles. The van der Waals surface area contributed by atoms with Crippen LogP contribution in [-0.2, 0) is 16.0 Å². The first kappa shape index (κ1) is 10.2. The van der Waals surface area contributed by atoms with Gasteiger partial charge in [0.25, 0.3) is 0 Å². The van der Waals surface area contributed by atoms with Gasteiger partial charge in [-0.2, -0.15) is 0 Å². The first-order valence-corrected chi connectivity index (χ1v) is 4.69. The maximum atomic E-state index is 11.1. The second-order valence-electron chi connectivity index (χ2n) is 2.39. The highest BCUT2D eigenvalue weighted by Gasteiger charge is 2.06. The van der Waals surface area contributed by atoms with Crippen molar-refractivity contribution < 1.29 is 9.53 Å². The fourth-order valence-electron chi connectivity index (χ4n) is 0.864. The molecule has 0 atom stereocenters. The minimum atomic E-state index is -0.234. The minimum absolute atomic E-state index is 0.234. The van der Waals surface area contributed by atoms with Crippen molar-refractivity contribution in [3.05, 3.63) is 28.5 Å². The molecule has 0 bridgehead atoms. The van der Waals surface area contributed by atoms with Crippen LogP contribution in [0.5, 0.6) is 0 Å². The molecule has 0 saturated heterocycles. The Morgan fingerprint density at radius 3 is 3.15 bits per heavy atom. The molecule has 1 radical (unpaired) electrons. The fraction of sp³-hybridized carbons (Fsp3) is 0.333. The van der Waals surface area contributed by atoms with Crippen LogP contribution in [-0.4, -0.2) is 17.6 Å². The molecule has 1 heterocycles. The Balaban J connectivity index is 2.63. The van der Waals surface area contributed by atoms with E-state index in [0.717, 1.165) is 10.0 Å². The van der Waals surface area contributed by atoms with Crippen molar-refractivity contribution in [3.63, 3.8) is 0 Å². The van der Waals surface area contributed by atoms with Gasteiger partial charge in [0.15, 0.2) is 0 Å². The van der Waals surface area contributed by atoms with E-state index in [9.17, 15) is 4.79 Å². The number of esters is 1. The lowest BCUT2D eigenvalue weighted by Gasteiger charge is -2.02. The van der Waals surface area contributed by atoms with Crippen LogP contribution < -0.4 is 0 Å². The number of halogens is 1. The van der Waals surface area contributed by atoms with Crippen molar-refractivity contribution in [2.45, 2.75) is 13.3 Å². The van der Waals surface area contributed by atoms with E-state index in [2.05, 4.69) is 27.1 Å². The summed E-state index contributed by atoms with van der Waals surface area (Å²) in [5.74, 6) is -0.234. The summed E-state index contributed by atoms with van der Waals surface area (Å²) >= 11 is 3.29. The summed E-state index contributed by atoms with van der Waals surface area (Å²) in [7, 11) is 0. The number of ether oxygens (including phenoxy) is 1. The highest BCUT2D eigenvalue weighted by Crippen LogP contribution is 2.14. The van der Waals surface area contributed by atoms with Crippen LogP contribution in [0.4, 0.5) is 0 Å². The van der Waals surface area contributed by atoms with Crippen molar-refractivity contribution in [2.75, 3.05) is 6.61 Å². The molecule has 4 heteroatoms. The van der Waals surface area contributed by atoms with Gasteiger partial charge in [0.1, 0.15) is 0 Å². The zero-order valence-electron chi connectivity index (χ0n) is 7.21. The van der Waals surface area contributed by atoms with Gasteiger partial charge in [0, 0.05) is 10.7 Å². The number of carbonyl (C=O) groups is 1. The predicted molar refractivity (Wildman–Crippen MR) is 51.1 cm³/mol. The zero-order valence-corrected chi connectivity index (χ0v) is 8.80. The Labute approximate surface area is 85.3 Å². The van der Waals surface area contributed by atoms with Gasteiger partial charge in [-0.3, -0.25) is 9.78 Å². The topological polar surface area (TPSA) is 39.2 Å². The summed E-state index contributed by atoms with van der Waals surface area (Å²) in [6, 6.07) is 1.67. The second kappa shape index (κ2) is 4.97. The SMILES string of the molecule is CCOC(=O)Cc1c[c]ncc1Br. The summed E-state index contributed by atoms with van der Waals surface area (Å²) in [5.41, 5.74) is 0.841. The van der Waals surface area contributed by atoms with Gasteiger partial charge < -0.3 is 4.74 Å². The fourth-order valence-corrected chi connectivity index (χ4v) is 1.22.